The number of carbonyl (C=O) groups excluding carboxylic acids is 1. The summed E-state index contributed by atoms with van der Waals surface area (Å²) in [5.41, 5.74) is 2.22. The van der Waals surface area contributed by atoms with Crippen molar-refractivity contribution in [2.45, 2.75) is 96.6 Å². The fraction of sp³-hybridized carbons (Fsp3) is 0.792. The van der Waals surface area contributed by atoms with Crippen LogP contribution in [-0.4, -0.2) is 28.0 Å². The first-order valence-electron chi connectivity index (χ1n) is 11.7. The molecule has 5 aliphatic rings. The Bertz CT molecular complexity index is 714. The summed E-state index contributed by atoms with van der Waals surface area (Å²) in [5.74, 6) is 3.03. The van der Waals surface area contributed by atoms with Crippen LogP contribution < -0.4 is 10.1 Å². The second-order valence-electron chi connectivity index (χ2n) is 10.7. The molecular formula is C24H35N3O2. The molecule has 1 N–H and O–H groups in total. The van der Waals surface area contributed by atoms with Crippen LogP contribution in [0.2, 0.25) is 0 Å². The van der Waals surface area contributed by atoms with Crippen LogP contribution >= 0.6 is 0 Å². The van der Waals surface area contributed by atoms with Gasteiger partial charge in [-0.3, -0.25) is 4.79 Å². The van der Waals surface area contributed by atoms with Crippen LogP contribution in [0.5, 0.6) is 6.01 Å². The number of ether oxygens (including phenoxy) is 1. The van der Waals surface area contributed by atoms with E-state index < -0.39 is 0 Å². The first-order valence-corrected chi connectivity index (χ1v) is 11.7. The lowest BCUT2D eigenvalue weighted by atomic mass is 9.49. The molecule has 0 atom stereocenters. The maximum absolute atomic E-state index is 12.9. The Morgan fingerprint density at radius 2 is 1.55 bits per heavy atom. The van der Waals surface area contributed by atoms with Crippen molar-refractivity contribution in [2.75, 3.05) is 0 Å². The predicted octanol–water partition coefficient (Wildman–Crippen LogP) is 4.51. The molecule has 5 heteroatoms. The summed E-state index contributed by atoms with van der Waals surface area (Å²) in [5, 5.41) is 3.37. The van der Waals surface area contributed by atoms with E-state index in [0.29, 0.717) is 23.4 Å². The molecule has 5 fully saturated rings. The van der Waals surface area contributed by atoms with E-state index in [2.05, 4.69) is 15.3 Å². The molecular weight excluding hydrogens is 362 g/mol. The van der Waals surface area contributed by atoms with E-state index in [-0.39, 0.29) is 6.10 Å². The highest BCUT2D eigenvalue weighted by Crippen LogP contribution is 2.61. The van der Waals surface area contributed by atoms with E-state index in [1.54, 1.807) is 0 Å². The van der Waals surface area contributed by atoms with Crippen LogP contribution in [0.4, 0.5) is 0 Å². The zero-order valence-electron chi connectivity index (χ0n) is 18.0. The highest BCUT2D eigenvalue weighted by atomic mass is 16.5. The summed E-state index contributed by atoms with van der Waals surface area (Å²) in [6, 6.07) is 2.76. The average Bonchev–Trinajstić information content (AvgIpc) is 2.61. The van der Waals surface area contributed by atoms with Crippen molar-refractivity contribution in [1.29, 1.82) is 0 Å². The lowest BCUT2D eigenvalue weighted by molar-refractivity contribution is -0.130. The molecule has 29 heavy (non-hydrogen) atoms. The number of aryl methyl sites for hydroxylation is 2. The van der Waals surface area contributed by atoms with Crippen LogP contribution in [0.3, 0.4) is 0 Å². The Morgan fingerprint density at radius 1 is 1.00 bits per heavy atom. The molecule has 0 radical (unpaired) electrons. The second kappa shape index (κ2) is 7.55. The van der Waals surface area contributed by atoms with E-state index in [0.717, 1.165) is 61.2 Å². The van der Waals surface area contributed by atoms with Crippen molar-refractivity contribution < 1.29 is 9.53 Å². The minimum absolute atomic E-state index is 0.160. The fourth-order valence-corrected chi connectivity index (χ4v) is 7.35. The third kappa shape index (κ3) is 4.29. The average molecular weight is 398 g/mol. The van der Waals surface area contributed by atoms with E-state index in [1.165, 1.54) is 38.5 Å². The van der Waals surface area contributed by atoms with E-state index >= 15 is 0 Å². The zero-order chi connectivity index (χ0) is 20.0. The predicted molar refractivity (Wildman–Crippen MR) is 112 cm³/mol. The van der Waals surface area contributed by atoms with Gasteiger partial charge in [0.25, 0.3) is 0 Å². The first-order chi connectivity index (χ1) is 13.9. The Kier molecular flexibility index (Phi) is 5.03. The second-order valence-corrected chi connectivity index (χ2v) is 10.7. The van der Waals surface area contributed by atoms with Crippen molar-refractivity contribution in [3.63, 3.8) is 0 Å². The number of nitrogens with zero attached hydrogens (tertiary/aromatic N) is 2. The number of amides is 1. The highest BCUT2D eigenvalue weighted by molar-refractivity contribution is 5.77. The molecule has 4 bridgehead atoms. The van der Waals surface area contributed by atoms with E-state index in [4.69, 9.17) is 4.74 Å². The molecule has 0 unspecified atom stereocenters. The molecule has 0 aromatic carbocycles. The molecule has 1 amide bonds. The number of hydrogen-bond acceptors (Lipinski definition) is 4. The number of aromatic nitrogens is 2. The lowest BCUT2D eigenvalue weighted by Crippen LogP contribution is -2.49. The number of nitrogens with one attached hydrogen (secondary N) is 1. The van der Waals surface area contributed by atoms with Gasteiger partial charge in [-0.1, -0.05) is 0 Å². The van der Waals surface area contributed by atoms with Crippen molar-refractivity contribution in [2.24, 2.45) is 23.2 Å². The van der Waals surface area contributed by atoms with Crippen LogP contribution in [0.1, 0.15) is 82.0 Å². The van der Waals surface area contributed by atoms with Gasteiger partial charge in [0, 0.05) is 23.9 Å². The van der Waals surface area contributed by atoms with E-state index in [1.807, 2.05) is 19.9 Å². The van der Waals surface area contributed by atoms with Crippen LogP contribution in [0.25, 0.3) is 0 Å². The van der Waals surface area contributed by atoms with Gasteiger partial charge in [0.15, 0.2) is 0 Å². The summed E-state index contributed by atoms with van der Waals surface area (Å²) in [6.07, 6.45) is 13.1. The number of carbonyl (C=O) groups is 1. The molecule has 5 nitrogen and oxygen atoms in total. The number of hydrogen-bond donors (Lipinski definition) is 1. The van der Waals surface area contributed by atoms with Crippen molar-refractivity contribution >= 4 is 5.91 Å². The standard InChI is InChI=1S/C24H35N3O2/c1-15-7-16(2)26-23(25-15)29-21-5-3-20(4-6-21)27-22(28)14-24-11-17-8-18(12-24)10-19(9-17)13-24/h7,17-21H,3-6,8-14H2,1-2H3,(H,27,28). The molecule has 5 saturated carbocycles. The number of rotatable bonds is 5. The Morgan fingerprint density at radius 3 is 2.10 bits per heavy atom. The summed E-state index contributed by atoms with van der Waals surface area (Å²) in [6.45, 7) is 3.94. The molecule has 5 aliphatic carbocycles. The third-order valence-electron chi connectivity index (χ3n) is 7.97. The van der Waals surface area contributed by atoms with Crippen molar-refractivity contribution in [1.82, 2.24) is 15.3 Å². The largest absolute Gasteiger partial charge is 0.460 e. The maximum atomic E-state index is 12.9. The van der Waals surface area contributed by atoms with Gasteiger partial charge in [0.1, 0.15) is 6.10 Å². The van der Waals surface area contributed by atoms with Crippen LogP contribution in [0.15, 0.2) is 6.07 Å². The summed E-state index contributed by atoms with van der Waals surface area (Å²) in [4.78, 5) is 21.7. The molecule has 1 aromatic heterocycles. The van der Waals surface area contributed by atoms with Gasteiger partial charge in [0.2, 0.25) is 5.91 Å². The quantitative estimate of drug-likeness (QED) is 0.794. The topological polar surface area (TPSA) is 64.1 Å². The molecule has 0 aliphatic heterocycles. The zero-order valence-corrected chi connectivity index (χ0v) is 18.0. The van der Waals surface area contributed by atoms with Gasteiger partial charge in [-0.2, -0.15) is 0 Å². The summed E-state index contributed by atoms with van der Waals surface area (Å²) >= 11 is 0. The SMILES string of the molecule is Cc1cc(C)nc(OC2CCC(NC(=O)CC34CC5CC(CC(C5)C3)C4)CC2)n1. The third-order valence-corrected chi connectivity index (χ3v) is 7.97. The van der Waals surface area contributed by atoms with Gasteiger partial charge in [0.05, 0.1) is 0 Å². The van der Waals surface area contributed by atoms with Crippen molar-refractivity contribution in [3.8, 4) is 6.01 Å². The summed E-state index contributed by atoms with van der Waals surface area (Å²) in [7, 11) is 0. The Labute approximate surface area is 174 Å². The maximum Gasteiger partial charge on any atom is 0.317 e. The van der Waals surface area contributed by atoms with E-state index in [9.17, 15) is 4.79 Å². The fourth-order valence-electron chi connectivity index (χ4n) is 7.35. The smallest absolute Gasteiger partial charge is 0.317 e. The minimum atomic E-state index is 0.160. The molecule has 6 rings (SSSR count). The highest BCUT2D eigenvalue weighted by Gasteiger charge is 2.51. The van der Waals surface area contributed by atoms with Crippen LogP contribution in [-0.2, 0) is 4.79 Å². The molecule has 1 heterocycles. The molecule has 0 spiro atoms. The molecule has 1 aromatic rings. The van der Waals surface area contributed by atoms with Gasteiger partial charge in [-0.15, -0.1) is 0 Å². The van der Waals surface area contributed by atoms with Gasteiger partial charge in [-0.25, -0.2) is 9.97 Å². The van der Waals surface area contributed by atoms with Crippen molar-refractivity contribution in [3.05, 3.63) is 17.5 Å². The molecule has 158 valence electrons. The normalized spacial score (nSPS) is 38.1. The molecule has 0 saturated heterocycles. The lowest BCUT2D eigenvalue weighted by Gasteiger charge is -2.56. The van der Waals surface area contributed by atoms with Crippen LogP contribution in [0, 0.1) is 37.0 Å². The minimum Gasteiger partial charge on any atom is -0.460 e. The van der Waals surface area contributed by atoms with Gasteiger partial charge < -0.3 is 10.1 Å². The Hall–Kier alpha value is -1.65. The van der Waals surface area contributed by atoms with Gasteiger partial charge in [-0.05, 0) is 107 Å². The monoisotopic (exact) mass is 397 g/mol. The Balaban J connectivity index is 1.10. The summed E-state index contributed by atoms with van der Waals surface area (Å²) < 4.78 is 6.03. The van der Waals surface area contributed by atoms with Gasteiger partial charge >= 0.3 is 6.01 Å². The first kappa shape index (κ1) is 19.3.